The predicted octanol–water partition coefficient (Wildman–Crippen LogP) is 3.95. The van der Waals surface area contributed by atoms with Crippen LogP contribution < -0.4 is 0 Å². The molecule has 78 valence electrons. The fourth-order valence-corrected chi connectivity index (χ4v) is 2.04. The number of hydrogen-bond donors (Lipinski definition) is 1. The molecule has 1 aromatic carbocycles. The molecular weight excluding hydrogens is 182 g/mol. The normalized spacial score (nSPS) is 12.6. The van der Waals surface area contributed by atoms with Gasteiger partial charge in [0, 0.05) is 17.8 Å². The van der Waals surface area contributed by atoms with Crippen molar-refractivity contribution in [3.8, 4) is 0 Å². The zero-order valence-corrected chi connectivity index (χ0v) is 9.11. The van der Waals surface area contributed by atoms with E-state index < -0.39 is 0 Å². The van der Waals surface area contributed by atoms with Gasteiger partial charge in [0.2, 0.25) is 0 Å². The minimum atomic E-state index is 0.520. The number of hydrogen-bond acceptors (Lipinski definition) is 0. The van der Waals surface area contributed by atoms with Crippen LogP contribution in [0.15, 0.2) is 48.7 Å². The van der Waals surface area contributed by atoms with Crippen LogP contribution in [-0.2, 0) is 0 Å². The van der Waals surface area contributed by atoms with Gasteiger partial charge in [-0.15, -0.1) is 0 Å². The van der Waals surface area contributed by atoms with Crippen molar-refractivity contribution in [2.24, 2.45) is 0 Å². The highest BCUT2D eigenvalue weighted by molar-refractivity contribution is 5.28. The SMILES string of the molecule is CCCC(c1ccccc1)c1ccc[nH]1. The molecule has 0 aliphatic rings. The number of aromatic nitrogens is 1. The highest BCUT2D eigenvalue weighted by atomic mass is 14.7. The summed E-state index contributed by atoms with van der Waals surface area (Å²) in [7, 11) is 0. The second kappa shape index (κ2) is 4.83. The monoisotopic (exact) mass is 199 g/mol. The van der Waals surface area contributed by atoms with E-state index in [0.717, 1.165) is 0 Å². The van der Waals surface area contributed by atoms with Gasteiger partial charge in [0.1, 0.15) is 0 Å². The van der Waals surface area contributed by atoms with E-state index >= 15 is 0 Å². The summed E-state index contributed by atoms with van der Waals surface area (Å²) in [5, 5.41) is 0. The van der Waals surface area contributed by atoms with Crippen molar-refractivity contribution in [2.45, 2.75) is 25.7 Å². The Morgan fingerprint density at radius 3 is 2.47 bits per heavy atom. The molecule has 0 saturated heterocycles. The van der Waals surface area contributed by atoms with E-state index in [1.807, 2.05) is 6.20 Å². The number of rotatable bonds is 4. The third kappa shape index (κ3) is 2.30. The van der Waals surface area contributed by atoms with Crippen molar-refractivity contribution in [2.75, 3.05) is 0 Å². The van der Waals surface area contributed by atoms with Gasteiger partial charge in [0.25, 0.3) is 0 Å². The predicted molar refractivity (Wildman–Crippen MR) is 64.0 cm³/mol. The quantitative estimate of drug-likeness (QED) is 0.767. The van der Waals surface area contributed by atoms with Crippen molar-refractivity contribution < 1.29 is 0 Å². The standard InChI is InChI=1S/C14H17N/c1-2-7-13(14-10-6-11-15-14)12-8-4-3-5-9-12/h3-6,8-11,13,15H,2,7H2,1H3. The molecule has 1 heterocycles. The van der Waals surface area contributed by atoms with Crippen molar-refractivity contribution >= 4 is 0 Å². The Labute approximate surface area is 91.2 Å². The topological polar surface area (TPSA) is 15.8 Å². The molecule has 1 unspecified atom stereocenters. The molecule has 2 aromatic rings. The number of aromatic amines is 1. The number of H-pyrrole nitrogens is 1. The van der Waals surface area contributed by atoms with Crippen molar-refractivity contribution in [3.63, 3.8) is 0 Å². The van der Waals surface area contributed by atoms with Gasteiger partial charge in [0.05, 0.1) is 0 Å². The van der Waals surface area contributed by atoms with Gasteiger partial charge in [-0.05, 0) is 24.1 Å². The van der Waals surface area contributed by atoms with Crippen LogP contribution in [0.3, 0.4) is 0 Å². The molecule has 0 saturated carbocycles. The maximum atomic E-state index is 3.32. The molecule has 15 heavy (non-hydrogen) atoms. The fourth-order valence-electron chi connectivity index (χ4n) is 2.04. The van der Waals surface area contributed by atoms with Crippen LogP contribution in [0.1, 0.15) is 36.9 Å². The maximum absolute atomic E-state index is 3.32. The summed E-state index contributed by atoms with van der Waals surface area (Å²) in [5.74, 6) is 0.520. The summed E-state index contributed by atoms with van der Waals surface area (Å²) in [4.78, 5) is 3.32. The zero-order valence-electron chi connectivity index (χ0n) is 9.11. The van der Waals surface area contributed by atoms with Crippen LogP contribution in [0.4, 0.5) is 0 Å². The Bertz CT molecular complexity index is 375. The van der Waals surface area contributed by atoms with Gasteiger partial charge < -0.3 is 4.98 Å². The Morgan fingerprint density at radius 1 is 1.07 bits per heavy atom. The largest absolute Gasteiger partial charge is 0.364 e. The van der Waals surface area contributed by atoms with Crippen molar-refractivity contribution in [3.05, 3.63) is 59.9 Å². The van der Waals surface area contributed by atoms with Crippen LogP contribution in [0.2, 0.25) is 0 Å². The lowest BCUT2D eigenvalue weighted by Crippen LogP contribution is -2.00. The average Bonchev–Trinajstić information content (AvgIpc) is 2.80. The average molecular weight is 199 g/mol. The Balaban J connectivity index is 2.28. The van der Waals surface area contributed by atoms with Crippen LogP contribution in [0.25, 0.3) is 0 Å². The Kier molecular flexibility index (Phi) is 3.23. The second-order valence-electron chi connectivity index (χ2n) is 3.88. The summed E-state index contributed by atoms with van der Waals surface area (Å²) >= 11 is 0. The van der Waals surface area contributed by atoms with E-state index in [1.165, 1.54) is 24.1 Å². The molecule has 0 amide bonds. The van der Waals surface area contributed by atoms with E-state index in [1.54, 1.807) is 0 Å². The molecule has 1 heteroatoms. The molecule has 0 radical (unpaired) electrons. The van der Waals surface area contributed by atoms with E-state index in [0.29, 0.717) is 5.92 Å². The third-order valence-electron chi connectivity index (χ3n) is 2.78. The van der Waals surface area contributed by atoms with Crippen molar-refractivity contribution in [1.29, 1.82) is 0 Å². The van der Waals surface area contributed by atoms with E-state index in [4.69, 9.17) is 0 Å². The lowest BCUT2D eigenvalue weighted by atomic mass is 9.92. The number of nitrogens with one attached hydrogen (secondary N) is 1. The second-order valence-corrected chi connectivity index (χ2v) is 3.88. The maximum Gasteiger partial charge on any atom is 0.0240 e. The lowest BCUT2D eigenvalue weighted by molar-refractivity contribution is 0.684. The van der Waals surface area contributed by atoms with Crippen molar-refractivity contribution in [1.82, 2.24) is 4.98 Å². The first-order valence-corrected chi connectivity index (χ1v) is 5.60. The first-order valence-electron chi connectivity index (χ1n) is 5.60. The van der Waals surface area contributed by atoms with Gasteiger partial charge in [0.15, 0.2) is 0 Å². The smallest absolute Gasteiger partial charge is 0.0240 e. The van der Waals surface area contributed by atoms with E-state index in [2.05, 4.69) is 54.4 Å². The molecule has 1 atom stereocenters. The molecule has 0 aliphatic heterocycles. The molecule has 0 bridgehead atoms. The third-order valence-corrected chi connectivity index (χ3v) is 2.78. The molecule has 0 aliphatic carbocycles. The molecule has 1 nitrogen and oxygen atoms in total. The molecule has 1 N–H and O–H groups in total. The van der Waals surface area contributed by atoms with E-state index in [9.17, 15) is 0 Å². The molecule has 2 rings (SSSR count). The molecular formula is C14H17N. The first-order chi connectivity index (χ1) is 7.42. The first kappa shape index (κ1) is 10.0. The summed E-state index contributed by atoms with van der Waals surface area (Å²) < 4.78 is 0. The fraction of sp³-hybridized carbons (Fsp3) is 0.286. The zero-order chi connectivity index (χ0) is 10.5. The van der Waals surface area contributed by atoms with Crippen LogP contribution >= 0.6 is 0 Å². The van der Waals surface area contributed by atoms with Crippen LogP contribution in [-0.4, -0.2) is 4.98 Å². The minimum absolute atomic E-state index is 0.520. The summed E-state index contributed by atoms with van der Waals surface area (Å²) in [6.45, 7) is 2.24. The minimum Gasteiger partial charge on any atom is -0.364 e. The Hall–Kier alpha value is -1.50. The summed E-state index contributed by atoms with van der Waals surface area (Å²) in [6.07, 6.45) is 4.41. The molecule has 0 fully saturated rings. The van der Waals surface area contributed by atoms with Crippen LogP contribution in [0, 0.1) is 0 Å². The summed E-state index contributed by atoms with van der Waals surface area (Å²) in [6, 6.07) is 15.0. The Morgan fingerprint density at radius 2 is 1.87 bits per heavy atom. The van der Waals surface area contributed by atoms with Gasteiger partial charge in [-0.1, -0.05) is 43.7 Å². The summed E-state index contributed by atoms with van der Waals surface area (Å²) in [5.41, 5.74) is 2.73. The van der Waals surface area contributed by atoms with Gasteiger partial charge in [-0.2, -0.15) is 0 Å². The highest BCUT2D eigenvalue weighted by Crippen LogP contribution is 2.27. The molecule has 0 spiro atoms. The van der Waals surface area contributed by atoms with Gasteiger partial charge in [-0.3, -0.25) is 0 Å². The van der Waals surface area contributed by atoms with Crippen LogP contribution in [0.5, 0.6) is 0 Å². The van der Waals surface area contributed by atoms with Gasteiger partial charge >= 0.3 is 0 Å². The van der Waals surface area contributed by atoms with Gasteiger partial charge in [-0.25, -0.2) is 0 Å². The lowest BCUT2D eigenvalue weighted by Gasteiger charge is -2.15. The highest BCUT2D eigenvalue weighted by Gasteiger charge is 2.12. The molecule has 1 aromatic heterocycles. The number of benzene rings is 1. The van der Waals surface area contributed by atoms with E-state index in [-0.39, 0.29) is 0 Å².